The molecule has 6 heteroatoms. The molecule has 1 aromatic carbocycles. The highest BCUT2D eigenvalue weighted by molar-refractivity contribution is 9.09. The van der Waals surface area contributed by atoms with Crippen LogP contribution in [-0.4, -0.2) is 29.4 Å². The number of carbonyl (C=O) groups is 1. The molecule has 0 aromatic heterocycles. The number of nitrogens with one attached hydrogen (secondary N) is 3. The fraction of sp³-hybridized carbons (Fsp3) is 0.533. The number of amides is 1. The summed E-state index contributed by atoms with van der Waals surface area (Å²) in [4.78, 5) is 12.3. The quantitative estimate of drug-likeness (QED) is 0.596. The van der Waals surface area contributed by atoms with Crippen molar-refractivity contribution in [2.45, 2.75) is 36.8 Å². The lowest BCUT2D eigenvalue weighted by Gasteiger charge is -2.20. The Bertz CT molecular complexity index is 468. The van der Waals surface area contributed by atoms with Crippen LogP contribution in [0.15, 0.2) is 30.3 Å². The first-order valence-electron chi connectivity index (χ1n) is 7.24. The monoisotopic (exact) mass is 354 g/mol. The van der Waals surface area contributed by atoms with Crippen molar-refractivity contribution in [2.24, 2.45) is 11.7 Å². The first kappa shape index (κ1) is 16.4. The van der Waals surface area contributed by atoms with Crippen molar-refractivity contribution in [3.63, 3.8) is 0 Å². The van der Waals surface area contributed by atoms with E-state index in [1.165, 1.54) is 0 Å². The molecule has 0 spiro atoms. The third-order valence-electron chi connectivity index (χ3n) is 3.79. The molecule has 2 rings (SSSR count). The van der Waals surface area contributed by atoms with Crippen LogP contribution >= 0.6 is 15.9 Å². The van der Waals surface area contributed by atoms with E-state index in [1.54, 1.807) is 0 Å². The van der Waals surface area contributed by atoms with Gasteiger partial charge in [-0.15, -0.1) is 0 Å². The zero-order chi connectivity index (χ0) is 15.4. The predicted octanol–water partition coefficient (Wildman–Crippen LogP) is 1.07. The highest BCUT2D eigenvalue weighted by Crippen LogP contribution is 2.21. The second kappa shape index (κ2) is 7.35. The maximum absolute atomic E-state index is 12.3. The highest BCUT2D eigenvalue weighted by atomic mass is 79.9. The molecule has 4 unspecified atom stereocenters. The van der Waals surface area contributed by atoms with E-state index in [0.717, 1.165) is 5.56 Å². The Labute approximate surface area is 134 Å². The summed E-state index contributed by atoms with van der Waals surface area (Å²) < 4.78 is 0. The van der Waals surface area contributed by atoms with E-state index in [9.17, 15) is 4.79 Å². The number of rotatable bonds is 5. The SMILES string of the molecule is CC(C)C1NNC(C(=O)NCC(N)c2ccccc2)C1Br. The van der Waals surface area contributed by atoms with Gasteiger partial charge in [-0.2, -0.15) is 0 Å². The fourth-order valence-electron chi connectivity index (χ4n) is 2.44. The third kappa shape index (κ3) is 4.03. The molecule has 116 valence electrons. The Hall–Kier alpha value is -0.950. The molecule has 1 saturated heterocycles. The molecule has 1 fully saturated rings. The van der Waals surface area contributed by atoms with Gasteiger partial charge in [-0.1, -0.05) is 60.1 Å². The zero-order valence-corrected chi connectivity index (χ0v) is 13.9. The van der Waals surface area contributed by atoms with Crippen LogP contribution in [0.3, 0.4) is 0 Å². The van der Waals surface area contributed by atoms with Gasteiger partial charge in [0.15, 0.2) is 0 Å². The van der Waals surface area contributed by atoms with E-state index in [0.29, 0.717) is 12.5 Å². The number of benzene rings is 1. The van der Waals surface area contributed by atoms with Crippen molar-refractivity contribution in [1.82, 2.24) is 16.2 Å². The van der Waals surface area contributed by atoms with Crippen LogP contribution in [-0.2, 0) is 4.79 Å². The van der Waals surface area contributed by atoms with Gasteiger partial charge >= 0.3 is 0 Å². The summed E-state index contributed by atoms with van der Waals surface area (Å²) in [5.41, 5.74) is 13.3. The molecule has 1 amide bonds. The summed E-state index contributed by atoms with van der Waals surface area (Å²) in [6.45, 7) is 4.67. The second-order valence-corrected chi connectivity index (χ2v) is 6.80. The van der Waals surface area contributed by atoms with Crippen LogP contribution in [0.5, 0.6) is 0 Å². The molecular formula is C15H23BrN4O. The molecule has 1 aliphatic heterocycles. The Morgan fingerprint density at radius 1 is 1.33 bits per heavy atom. The van der Waals surface area contributed by atoms with E-state index < -0.39 is 0 Å². The number of halogens is 1. The van der Waals surface area contributed by atoms with Gasteiger partial charge in [0.25, 0.3) is 0 Å². The summed E-state index contributed by atoms with van der Waals surface area (Å²) >= 11 is 3.61. The lowest BCUT2D eigenvalue weighted by atomic mass is 9.99. The first-order valence-corrected chi connectivity index (χ1v) is 8.15. The number of hydrogen-bond donors (Lipinski definition) is 4. The number of hydrogen-bond acceptors (Lipinski definition) is 4. The number of carbonyl (C=O) groups excluding carboxylic acids is 1. The molecule has 5 N–H and O–H groups in total. The number of hydrazine groups is 1. The maximum Gasteiger partial charge on any atom is 0.239 e. The molecular weight excluding hydrogens is 332 g/mol. The average Bonchev–Trinajstić information content (AvgIpc) is 2.87. The van der Waals surface area contributed by atoms with E-state index in [-0.39, 0.29) is 28.9 Å². The molecule has 1 aliphatic rings. The number of alkyl halides is 1. The van der Waals surface area contributed by atoms with Crippen LogP contribution in [0.25, 0.3) is 0 Å². The Kier molecular flexibility index (Phi) is 5.75. The molecule has 0 bridgehead atoms. The van der Waals surface area contributed by atoms with Gasteiger partial charge in [0, 0.05) is 18.6 Å². The lowest BCUT2D eigenvalue weighted by Crippen LogP contribution is -2.47. The molecule has 1 aromatic rings. The van der Waals surface area contributed by atoms with E-state index >= 15 is 0 Å². The van der Waals surface area contributed by atoms with Crippen LogP contribution in [0.2, 0.25) is 0 Å². The van der Waals surface area contributed by atoms with Gasteiger partial charge < -0.3 is 11.1 Å². The first-order chi connectivity index (χ1) is 10.0. The van der Waals surface area contributed by atoms with Gasteiger partial charge in [-0.25, -0.2) is 5.43 Å². The van der Waals surface area contributed by atoms with Gasteiger partial charge in [0.05, 0.1) is 4.83 Å². The van der Waals surface area contributed by atoms with Crippen molar-refractivity contribution >= 4 is 21.8 Å². The normalized spacial score (nSPS) is 26.8. The minimum atomic E-state index is -0.291. The molecule has 21 heavy (non-hydrogen) atoms. The minimum Gasteiger partial charge on any atom is -0.353 e. The van der Waals surface area contributed by atoms with Crippen LogP contribution in [0.4, 0.5) is 0 Å². The van der Waals surface area contributed by atoms with Gasteiger partial charge in [0.2, 0.25) is 5.91 Å². The van der Waals surface area contributed by atoms with Crippen LogP contribution < -0.4 is 21.9 Å². The predicted molar refractivity (Wildman–Crippen MR) is 87.8 cm³/mol. The number of nitrogens with two attached hydrogens (primary N) is 1. The van der Waals surface area contributed by atoms with E-state index in [4.69, 9.17) is 5.73 Å². The Balaban J connectivity index is 1.85. The van der Waals surface area contributed by atoms with Crippen molar-refractivity contribution in [2.75, 3.05) is 6.54 Å². The van der Waals surface area contributed by atoms with Gasteiger partial charge in [-0.05, 0) is 11.5 Å². The largest absolute Gasteiger partial charge is 0.353 e. The summed E-state index contributed by atoms with van der Waals surface area (Å²) in [7, 11) is 0. The van der Waals surface area contributed by atoms with Crippen molar-refractivity contribution in [3.8, 4) is 0 Å². The van der Waals surface area contributed by atoms with Gasteiger partial charge in [-0.3, -0.25) is 10.2 Å². The van der Waals surface area contributed by atoms with Crippen LogP contribution in [0, 0.1) is 5.92 Å². The maximum atomic E-state index is 12.3. The van der Waals surface area contributed by atoms with E-state index in [2.05, 4.69) is 45.9 Å². The summed E-state index contributed by atoms with van der Waals surface area (Å²) in [5, 5.41) is 2.92. The standard InChI is InChI=1S/C15H23BrN4O/c1-9(2)13-12(16)14(20-19-13)15(21)18-8-11(17)10-6-4-3-5-7-10/h3-7,9,11-14,19-20H,8,17H2,1-2H3,(H,18,21). The van der Waals surface area contributed by atoms with Crippen molar-refractivity contribution < 1.29 is 4.79 Å². The average molecular weight is 355 g/mol. The molecule has 4 atom stereocenters. The van der Waals surface area contributed by atoms with E-state index in [1.807, 2.05) is 30.3 Å². The third-order valence-corrected chi connectivity index (χ3v) is 4.89. The topological polar surface area (TPSA) is 79.2 Å². The fourth-order valence-corrected chi connectivity index (χ4v) is 3.55. The van der Waals surface area contributed by atoms with Crippen molar-refractivity contribution in [3.05, 3.63) is 35.9 Å². The molecule has 5 nitrogen and oxygen atoms in total. The smallest absolute Gasteiger partial charge is 0.239 e. The lowest BCUT2D eigenvalue weighted by molar-refractivity contribution is -0.122. The zero-order valence-electron chi connectivity index (χ0n) is 12.3. The summed E-state index contributed by atoms with van der Waals surface area (Å²) in [6.07, 6.45) is 0. The van der Waals surface area contributed by atoms with Crippen LogP contribution in [0.1, 0.15) is 25.5 Å². The summed E-state index contributed by atoms with van der Waals surface area (Å²) in [6, 6.07) is 9.51. The van der Waals surface area contributed by atoms with Gasteiger partial charge in [0.1, 0.15) is 6.04 Å². The van der Waals surface area contributed by atoms with Crippen molar-refractivity contribution in [1.29, 1.82) is 0 Å². The molecule has 0 saturated carbocycles. The Morgan fingerprint density at radius 3 is 2.57 bits per heavy atom. The molecule has 0 aliphatic carbocycles. The second-order valence-electron chi connectivity index (χ2n) is 5.74. The summed E-state index contributed by atoms with van der Waals surface area (Å²) in [5.74, 6) is 0.394. The molecule has 0 radical (unpaired) electrons. The minimum absolute atomic E-state index is 0.0427. The highest BCUT2D eigenvalue weighted by Gasteiger charge is 2.39. The Morgan fingerprint density at radius 2 is 2.00 bits per heavy atom. The molecule has 1 heterocycles.